The maximum Gasteiger partial charge on any atom is 0.0316 e. The quantitative estimate of drug-likeness (QED) is 0.589. The molecule has 1 aliphatic carbocycles. The van der Waals surface area contributed by atoms with Gasteiger partial charge in [-0.2, -0.15) is 0 Å². The zero-order valence-corrected chi connectivity index (χ0v) is 11.5. The van der Waals surface area contributed by atoms with Crippen LogP contribution < -0.4 is 11.1 Å². The molecule has 98 valence electrons. The summed E-state index contributed by atoms with van der Waals surface area (Å²) in [6.45, 7) is 6.19. The van der Waals surface area contributed by atoms with Gasteiger partial charge in [0.25, 0.3) is 0 Å². The van der Waals surface area contributed by atoms with E-state index >= 15 is 0 Å². The highest BCUT2D eigenvalue weighted by molar-refractivity contribution is 5.47. The third-order valence-corrected chi connectivity index (χ3v) is 3.79. The molecule has 1 atom stereocenters. The van der Waals surface area contributed by atoms with Gasteiger partial charge in [-0.1, -0.05) is 31.6 Å². The van der Waals surface area contributed by atoms with Crippen LogP contribution >= 0.6 is 0 Å². The van der Waals surface area contributed by atoms with Gasteiger partial charge >= 0.3 is 0 Å². The molecular weight excluding hydrogens is 220 g/mol. The number of hydrogen-bond acceptors (Lipinski definition) is 2. The molecular formula is C16H24N2. The topological polar surface area (TPSA) is 38.0 Å². The van der Waals surface area contributed by atoms with Crippen LogP contribution in [0.3, 0.4) is 0 Å². The summed E-state index contributed by atoms with van der Waals surface area (Å²) in [5.41, 5.74) is 11.3. The highest BCUT2D eigenvalue weighted by Gasteiger charge is 2.24. The van der Waals surface area contributed by atoms with Crippen molar-refractivity contribution < 1.29 is 0 Å². The Kier molecular flexibility index (Phi) is 4.43. The van der Waals surface area contributed by atoms with Gasteiger partial charge in [0, 0.05) is 12.2 Å². The first kappa shape index (κ1) is 13.2. The number of nitrogens with two attached hydrogens (primary N) is 1. The molecule has 0 aromatic heterocycles. The van der Waals surface area contributed by atoms with Gasteiger partial charge in [0.05, 0.1) is 0 Å². The van der Waals surface area contributed by atoms with E-state index in [1.54, 1.807) is 5.57 Å². The van der Waals surface area contributed by atoms with Crippen molar-refractivity contribution in [1.29, 1.82) is 0 Å². The maximum atomic E-state index is 5.83. The summed E-state index contributed by atoms with van der Waals surface area (Å²) in [5.74, 6) is 0.735. The average molecular weight is 244 g/mol. The Labute approximate surface area is 110 Å². The average Bonchev–Trinajstić information content (AvgIpc) is 2.85. The number of anilines is 1. The number of rotatable bonds is 1. The van der Waals surface area contributed by atoms with Crippen molar-refractivity contribution in [3.8, 4) is 0 Å². The van der Waals surface area contributed by atoms with Crippen molar-refractivity contribution >= 4 is 5.69 Å². The van der Waals surface area contributed by atoms with E-state index in [-0.39, 0.29) is 0 Å². The first-order chi connectivity index (χ1) is 8.83. The molecule has 0 amide bonds. The monoisotopic (exact) mass is 244 g/mol. The van der Waals surface area contributed by atoms with E-state index in [1.165, 1.54) is 30.4 Å². The molecule has 1 aromatic carbocycles. The summed E-state index contributed by atoms with van der Waals surface area (Å²) in [5, 5.41) is 3.37. The summed E-state index contributed by atoms with van der Waals surface area (Å²) < 4.78 is 0. The normalized spacial score (nSPS) is 21.7. The van der Waals surface area contributed by atoms with Gasteiger partial charge in [-0.3, -0.25) is 0 Å². The fourth-order valence-corrected chi connectivity index (χ4v) is 2.91. The second-order valence-corrected chi connectivity index (χ2v) is 4.87. The van der Waals surface area contributed by atoms with Crippen molar-refractivity contribution in [2.75, 3.05) is 18.8 Å². The molecule has 0 fully saturated rings. The van der Waals surface area contributed by atoms with E-state index in [4.69, 9.17) is 5.73 Å². The molecule has 0 saturated carbocycles. The minimum Gasteiger partial charge on any atom is -0.399 e. The molecule has 0 bridgehead atoms. The summed E-state index contributed by atoms with van der Waals surface area (Å²) in [7, 11) is 0. The Morgan fingerprint density at radius 3 is 2.67 bits per heavy atom. The molecule has 0 radical (unpaired) electrons. The lowest BCUT2D eigenvalue weighted by Gasteiger charge is -2.19. The number of hydrogen-bond donors (Lipinski definition) is 2. The highest BCUT2D eigenvalue weighted by Crippen LogP contribution is 2.34. The third kappa shape index (κ3) is 2.75. The van der Waals surface area contributed by atoms with Gasteiger partial charge in [0.15, 0.2) is 0 Å². The Balaban J connectivity index is 0.000000574. The molecule has 2 heteroatoms. The van der Waals surface area contributed by atoms with Crippen molar-refractivity contribution in [1.82, 2.24) is 5.32 Å². The smallest absolute Gasteiger partial charge is 0.0316 e. The van der Waals surface area contributed by atoms with Crippen LogP contribution in [0.5, 0.6) is 0 Å². The van der Waals surface area contributed by atoms with Gasteiger partial charge in [-0.05, 0) is 55.0 Å². The number of fused-ring (bicyclic) bond motifs is 1. The molecule has 1 unspecified atom stereocenters. The highest BCUT2D eigenvalue weighted by atomic mass is 14.8. The van der Waals surface area contributed by atoms with E-state index in [0.717, 1.165) is 24.7 Å². The Morgan fingerprint density at radius 1 is 1.17 bits per heavy atom. The van der Waals surface area contributed by atoms with E-state index in [9.17, 15) is 0 Å². The van der Waals surface area contributed by atoms with Crippen LogP contribution in [-0.4, -0.2) is 13.1 Å². The fourth-order valence-electron chi connectivity index (χ4n) is 2.91. The lowest BCUT2D eigenvalue weighted by molar-refractivity contribution is 0.579. The molecule has 1 heterocycles. The van der Waals surface area contributed by atoms with E-state index in [0.29, 0.717) is 0 Å². The summed E-state index contributed by atoms with van der Waals surface area (Å²) >= 11 is 0. The molecule has 3 N–H and O–H groups in total. The fraction of sp³-hybridized carbons (Fsp3) is 0.500. The second kappa shape index (κ2) is 6.05. The van der Waals surface area contributed by atoms with Crippen molar-refractivity contribution in [3.05, 3.63) is 41.0 Å². The van der Waals surface area contributed by atoms with E-state index in [1.807, 2.05) is 19.9 Å². The molecule has 1 aliphatic heterocycles. The largest absolute Gasteiger partial charge is 0.399 e. The molecule has 0 saturated heterocycles. The summed E-state index contributed by atoms with van der Waals surface area (Å²) in [4.78, 5) is 0. The number of benzene rings is 1. The number of nitrogen functional groups attached to an aromatic ring is 1. The predicted molar refractivity (Wildman–Crippen MR) is 78.7 cm³/mol. The van der Waals surface area contributed by atoms with Gasteiger partial charge in [-0.25, -0.2) is 0 Å². The van der Waals surface area contributed by atoms with Crippen LogP contribution in [0.15, 0.2) is 29.8 Å². The van der Waals surface area contributed by atoms with Gasteiger partial charge < -0.3 is 11.1 Å². The van der Waals surface area contributed by atoms with Crippen molar-refractivity contribution in [2.24, 2.45) is 5.92 Å². The zero-order chi connectivity index (χ0) is 13.0. The Morgan fingerprint density at radius 2 is 1.94 bits per heavy atom. The molecule has 18 heavy (non-hydrogen) atoms. The maximum absolute atomic E-state index is 5.83. The first-order valence-corrected chi connectivity index (χ1v) is 7.10. The van der Waals surface area contributed by atoms with Crippen LogP contribution in [0.2, 0.25) is 0 Å². The second-order valence-electron chi connectivity index (χ2n) is 4.87. The summed E-state index contributed by atoms with van der Waals surface area (Å²) in [6.07, 6.45) is 5.99. The predicted octanol–water partition coefficient (Wildman–Crippen LogP) is 2.93. The Bertz CT molecular complexity index is 435. The SMILES string of the molecule is CC.Nc1ccc2c(c1)CC(C1=CCNCC1)C2. The molecule has 2 aliphatic rings. The van der Waals surface area contributed by atoms with E-state index in [2.05, 4.69) is 23.5 Å². The van der Waals surface area contributed by atoms with E-state index < -0.39 is 0 Å². The third-order valence-electron chi connectivity index (χ3n) is 3.79. The van der Waals surface area contributed by atoms with Crippen LogP contribution in [0.25, 0.3) is 0 Å². The Hall–Kier alpha value is -1.28. The standard InChI is InChI=1S/C14H18N2.C2H6/c15-14-2-1-11-7-12(8-13(11)9-14)10-3-5-16-6-4-10;1-2/h1-3,9,12,16H,4-8,15H2;1-2H3. The van der Waals surface area contributed by atoms with Crippen LogP contribution in [0.4, 0.5) is 5.69 Å². The van der Waals surface area contributed by atoms with Crippen LogP contribution in [-0.2, 0) is 12.8 Å². The zero-order valence-electron chi connectivity index (χ0n) is 11.5. The van der Waals surface area contributed by atoms with Crippen molar-refractivity contribution in [3.63, 3.8) is 0 Å². The summed E-state index contributed by atoms with van der Waals surface area (Å²) in [6, 6.07) is 6.38. The van der Waals surface area contributed by atoms with Gasteiger partial charge in [0.1, 0.15) is 0 Å². The first-order valence-electron chi connectivity index (χ1n) is 7.10. The minimum absolute atomic E-state index is 0.735. The lowest BCUT2D eigenvalue weighted by atomic mass is 9.92. The molecule has 0 spiro atoms. The molecule has 2 nitrogen and oxygen atoms in total. The van der Waals surface area contributed by atoms with Crippen molar-refractivity contribution in [2.45, 2.75) is 33.1 Å². The van der Waals surface area contributed by atoms with Crippen LogP contribution in [0, 0.1) is 5.92 Å². The van der Waals surface area contributed by atoms with Crippen LogP contribution in [0.1, 0.15) is 31.4 Å². The van der Waals surface area contributed by atoms with Gasteiger partial charge in [0.2, 0.25) is 0 Å². The molecule has 1 aromatic rings. The number of nitrogens with one attached hydrogen (secondary N) is 1. The van der Waals surface area contributed by atoms with Gasteiger partial charge in [-0.15, -0.1) is 0 Å². The minimum atomic E-state index is 0.735. The molecule has 3 rings (SSSR count). The lowest BCUT2D eigenvalue weighted by Crippen LogP contribution is -2.23.